The van der Waals surface area contributed by atoms with Gasteiger partial charge in [-0.15, -0.1) is 22.7 Å². The number of hydrogen-bond donors (Lipinski definition) is 2. The Morgan fingerprint density at radius 1 is 1.29 bits per heavy atom. The van der Waals surface area contributed by atoms with Gasteiger partial charge in [0, 0.05) is 60.5 Å². The molecule has 11 nitrogen and oxygen atoms in total. The monoisotopic (exact) mass is 764 g/mol. The molecule has 3 fully saturated rings. The lowest BCUT2D eigenvalue weighted by Gasteiger charge is -2.35. The molecule has 2 saturated carbocycles. The van der Waals surface area contributed by atoms with Gasteiger partial charge in [0.05, 0.1) is 44.7 Å². The van der Waals surface area contributed by atoms with Crippen molar-refractivity contribution in [3.05, 3.63) is 45.0 Å². The van der Waals surface area contributed by atoms with Crippen molar-refractivity contribution in [2.24, 2.45) is 29.1 Å². The second kappa shape index (κ2) is 13.5. The number of nitrogens with zero attached hydrogens (tertiary/aromatic N) is 4. The molecule has 52 heavy (non-hydrogen) atoms. The first-order chi connectivity index (χ1) is 24.9. The number of aryl methyl sites for hydroxylation is 1. The van der Waals surface area contributed by atoms with Crippen LogP contribution >= 0.6 is 34.3 Å². The van der Waals surface area contributed by atoms with Crippen molar-refractivity contribution < 1.29 is 23.9 Å². The lowest BCUT2D eigenvalue weighted by Crippen LogP contribution is -2.61. The number of thiophene rings is 1. The van der Waals surface area contributed by atoms with Crippen LogP contribution in [-0.2, 0) is 43.2 Å². The van der Waals surface area contributed by atoms with Crippen molar-refractivity contribution in [2.45, 2.75) is 85.0 Å². The Kier molecular flexibility index (Phi) is 9.25. The van der Waals surface area contributed by atoms with Gasteiger partial charge < -0.3 is 19.4 Å². The third-order valence-electron chi connectivity index (χ3n) is 11.2. The quantitative estimate of drug-likeness (QED) is 0.215. The Balaban J connectivity index is 1.26. The van der Waals surface area contributed by atoms with Crippen LogP contribution in [0.2, 0.25) is 5.02 Å². The highest BCUT2D eigenvalue weighted by Gasteiger charge is 2.53. The van der Waals surface area contributed by atoms with Gasteiger partial charge in [-0.1, -0.05) is 32.4 Å². The van der Waals surface area contributed by atoms with Crippen LogP contribution in [-0.4, -0.2) is 69.7 Å². The molecule has 2 N–H and O–H groups in total. The second-order valence-corrected chi connectivity index (χ2v) is 18.0. The van der Waals surface area contributed by atoms with Gasteiger partial charge in [0.2, 0.25) is 5.91 Å². The lowest BCUT2D eigenvalue weighted by molar-refractivity contribution is -0.156. The average Bonchev–Trinajstić information content (AvgIpc) is 3.95. The topological polar surface area (TPSA) is 128 Å². The Morgan fingerprint density at radius 2 is 2.08 bits per heavy atom. The van der Waals surface area contributed by atoms with Crippen molar-refractivity contribution in [2.75, 3.05) is 20.3 Å². The van der Waals surface area contributed by atoms with Gasteiger partial charge in [0.15, 0.2) is 0 Å². The summed E-state index contributed by atoms with van der Waals surface area (Å²) in [5, 5.41) is 8.87. The summed E-state index contributed by atoms with van der Waals surface area (Å²) in [6.07, 6.45) is 4.00. The van der Waals surface area contributed by atoms with E-state index in [1.807, 2.05) is 25.3 Å². The van der Waals surface area contributed by atoms with E-state index >= 15 is 0 Å². The van der Waals surface area contributed by atoms with Crippen molar-refractivity contribution in [1.82, 2.24) is 30.3 Å². The van der Waals surface area contributed by atoms with Gasteiger partial charge in [-0.05, 0) is 68.6 Å². The number of aromatic nitrogens is 3. The SMILES string of the molecule is CCn1c(-c2cccnc2[C@H](C)OC)c2c3c(Cl)c(sc31)-c1csc(n1)C[C@H](NC(=O)[C@H]1C[C@@H]1C)C(=O)N1C[C@@H]3C[C@@H]3[C@H](N1)C(=O)OCC(C)(C)C2. The van der Waals surface area contributed by atoms with Crippen molar-refractivity contribution >= 4 is 62.3 Å². The van der Waals surface area contributed by atoms with Crippen LogP contribution in [0.5, 0.6) is 0 Å². The summed E-state index contributed by atoms with van der Waals surface area (Å²) in [5.74, 6) is -0.249. The van der Waals surface area contributed by atoms with Gasteiger partial charge >= 0.3 is 5.97 Å². The standard InChI is InChI=1S/C38H45ClN6O5S2/c1-7-44-32(21-9-8-10-40-30(21)19(3)49-6)24-14-38(4,5)17-50-37(48)31-23-12-20(23)15-45(43-31)35(47)25(42-34(46)22-11-18(22)2)13-27-41-26(16-51-27)33-29(39)28(24)36(44)52-33/h8-10,16,18-20,22-23,25,31,43H,7,11-15,17H2,1-6H3,(H,42,46)/t18-,19-,20-,22-,23-,25-,31-/m0/s1. The van der Waals surface area contributed by atoms with E-state index < -0.39 is 17.5 Å². The minimum atomic E-state index is -0.837. The maximum Gasteiger partial charge on any atom is 0.325 e. The third kappa shape index (κ3) is 6.36. The molecule has 14 heteroatoms. The number of nitrogens with one attached hydrogen (secondary N) is 2. The largest absolute Gasteiger partial charge is 0.464 e. The predicted octanol–water partition coefficient (Wildman–Crippen LogP) is 6.43. The first-order valence-corrected chi connectivity index (χ1v) is 20.3. The fraction of sp³-hybridized carbons (Fsp3) is 0.553. The number of cyclic esters (lactones) is 1. The summed E-state index contributed by atoms with van der Waals surface area (Å²) in [4.78, 5) is 52.9. The number of ether oxygens (including phenoxy) is 2. The molecule has 8 rings (SSSR count). The molecule has 6 bridgehead atoms. The summed E-state index contributed by atoms with van der Waals surface area (Å²) in [6.45, 7) is 11.7. The first-order valence-electron chi connectivity index (χ1n) is 18.2. The molecule has 2 aliphatic carbocycles. The molecule has 4 aromatic heterocycles. The Labute approximate surface area is 316 Å². The number of rotatable bonds is 6. The van der Waals surface area contributed by atoms with E-state index in [4.69, 9.17) is 31.0 Å². The molecular formula is C38H45ClN6O5S2. The number of hydrogen-bond acceptors (Lipinski definition) is 10. The molecule has 0 radical (unpaired) electrons. The molecule has 4 aromatic rings. The number of carbonyl (C=O) groups excluding carboxylic acids is 3. The fourth-order valence-corrected chi connectivity index (χ4v) is 10.6. The zero-order valence-electron chi connectivity index (χ0n) is 30.3. The maximum absolute atomic E-state index is 14.2. The van der Waals surface area contributed by atoms with Gasteiger partial charge in [-0.25, -0.2) is 10.4 Å². The molecule has 276 valence electrons. The summed E-state index contributed by atoms with van der Waals surface area (Å²) < 4.78 is 14.2. The number of pyridine rings is 1. The van der Waals surface area contributed by atoms with Crippen LogP contribution in [0.25, 0.3) is 32.0 Å². The third-order valence-corrected chi connectivity index (χ3v) is 13.8. The van der Waals surface area contributed by atoms with Crippen LogP contribution in [0.15, 0.2) is 23.7 Å². The summed E-state index contributed by atoms with van der Waals surface area (Å²) in [6, 6.07) is 2.56. The number of halogens is 1. The summed E-state index contributed by atoms with van der Waals surface area (Å²) in [7, 11) is 1.69. The Bertz CT molecular complexity index is 2070. The number of fused-ring (bicyclic) bond motifs is 8. The van der Waals surface area contributed by atoms with Crippen LogP contribution < -0.4 is 10.7 Å². The number of esters is 1. The highest BCUT2D eigenvalue weighted by molar-refractivity contribution is 7.23. The van der Waals surface area contributed by atoms with E-state index in [2.05, 4.69) is 42.1 Å². The predicted molar refractivity (Wildman–Crippen MR) is 202 cm³/mol. The first kappa shape index (κ1) is 35.7. The number of methoxy groups -OCH3 is 1. The van der Waals surface area contributed by atoms with E-state index in [0.717, 1.165) is 61.2 Å². The molecule has 0 aromatic carbocycles. The molecule has 7 atom stereocenters. The second-order valence-electron chi connectivity index (χ2n) is 15.7. The number of thiazole rings is 1. The van der Waals surface area contributed by atoms with Gasteiger partial charge in [0.25, 0.3) is 5.91 Å². The molecular weight excluding hydrogens is 720 g/mol. The van der Waals surface area contributed by atoms with Crippen molar-refractivity contribution in [1.29, 1.82) is 0 Å². The van der Waals surface area contributed by atoms with Crippen LogP contribution in [0, 0.1) is 29.1 Å². The fourth-order valence-electron chi connectivity index (χ4n) is 7.98. The van der Waals surface area contributed by atoms with Gasteiger partial charge in [-0.3, -0.25) is 24.4 Å². The number of carbonyl (C=O) groups is 3. The Morgan fingerprint density at radius 3 is 2.81 bits per heavy atom. The van der Waals surface area contributed by atoms with E-state index in [0.29, 0.717) is 30.5 Å². The highest BCUT2D eigenvalue weighted by Crippen LogP contribution is 2.50. The molecule has 6 heterocycles. The number of amides is 2. The summed E-state index contributed by atoms with van der Waals surface area (Å²) >= 11 is 10.5. The van der Waals surface area contributed by atoms with Gasteiger partial charge in [0.1, 0.15) is 16.9 Å². The van der Waals surface area contributed by atoms with Crippen LogP contribution in [0.1, 0.15) is 69.8 Å². The number of hydrazine groups is 1. The van der Waals surface area contributed by atoms with Crippen molar-refractivity contribution in [3.63, 3.8) is 0 Å². The molecule has 1 saturated heterocycles. The van der Waals surface area contributed by atoms with E-state index in [-0.39, 0.29) is 54.7 Å². The molecule has 4 aliphatic rings. The molecule has 0 unspecified atom stereocenters. The minimum Gasteiger partial charge on any atom is -0.464 e. The van der Waals surface area contributed by atoms with E-state index in [1.54, 1.807) is 24.6 Å². The molecule has 2 amide bonds. The minimum absolute atomic E-state index is 0.0951. The zero-order chi connectivity index (χ0) is 36.6. The van der Waals surface area contributed by atoms with Gasteiger partial charge in [-0.2, -0.15) is 0 Å². The Hall–Kier alpha value is -3.36. The maximum atomic E-state index is 14.2. The van der Waals surface area contributed by atoms with Crippen LogP contribution in [0.3, 0.4) is 0 Å². The average molecular weight is 765 g/mol. The highest BCUT2D eigenvalue weighted by atomic mass is 35.5. The summed E-state index contributed by atoms with van der Waals surface area (Å²) in [5.41, 5.74) is 7.39. The van der Waals surface area contributed by atoms with Crippen LogP contribution in [0.4, 0.5) is 0 Å². The normalized spacial score (nSPS) is 27.5. The van der Waals surface area contributed by atoms with E-state index in [1.165, 1.54) is 16.3 Å². The lowest BCUT2D eigenvalue weighted by atomic mass is 9.84. The van der Waals surface area contributed by atoms with E-state index in [9.17, 15) is 14.4 Å². The smallest absolute Gasteiger partial charge is 0.325 e. The zero-order valence-corrected chi connectivity index (χ0v) is 32.7. The van der Waals surface area contributed by atoms with Crippen molar-refractivity contribution in [3.8, 4) is 21.8 Å². The molecule has 0 spiro atoms. The molecule has 2 aliphatic heterocycles.